The number of anilines is 1. The fourth-order valence-corrected chi connectivity index (χ4v) is 6.94. The monoisotopic (exact) mass is 611 g/mol. The van der Waals surface area contributed by atoms with E-state index < -0.39 is 11.6 Å². The molecule has 3 aromatic heterocycles. The lowest BCUT2D eigenvalue weighted by Crippen LogP contribution is -2.67. The van der Waals surface area contributed by atoms with Gasteiger partial charge in [-0.1, -0.05) is 25.1 Å². The zero-order valence-corrected chi connectivity index (χ0v) is 25.9. The van der Waals surface area contributed by atoms with Crippen molar-refractivity contribution in [1.82, 2.24) is 29.4 Å². The van der Waals surface area contributed by atoms with Crippen LogP contribution in [0, 0.1) is 0 Å². The molecule has 4 aromatic rings. The lowest BCUT2D eigenvalue weighted by molar-refractivity contribution is -0.00452. The third-order valence-corrected chi connectivity index (χ3v) is 9.02. The maximum atomic E-state index is 14.4. The van der Waals surface area contributed by atoms with E-state index in [2.05, 4.69) is 26.5 Å². The Balaban J connectivity index is 1.29. The molecule has 5 heterocycles. The second-order valence-electron chi connectivity index (χ2n) is 13.1. The zero-order valence-electron chi connectivity index (χ0n) is 25.9. The SMILES string of the molecule is CC1CC(COC(=O)c2ccccc2)n2c1c(N1CCN(C(=O)OC(C)(C)C)[C@H]3CC[C@@H]31)c(=O)c1nn(-c3ccncc3)nc12. The average molecular weight is 612 g/mol. The van der Waals surface area contributed by atoms with Gasteiger partial charge in [-0.2, -0.15) is 0 Å². The Morgan fingerprint density at radius 1 is 0.978 bits per heavy atom. The number of piperazine rings is 1. The highest BCUT2D eigenvalue weighted by atomic mass is 16.6. The second kappa shape index (κ2) is 11.0. The topological polar surface area (TPSA) is 125 Å². The predicted octanol–water partition coefficient (Wildman–Crippen LogP) is 4.47. The van der Waals surface area contributed by atoms with Gasteiger partial charge in [0.2, 0.25) is 5.43 Å². The average Bonchev–Trinajstić information content (AvgIpc) is 3.58. The summed E-state index contributed by atoms with van der Waals surface area (Å²) in [5, 5.41) is 9.49. The van der Waals surface area contributed by atoms with E-state index in [1.165, 1.54) is 4.80 Å². The van der Waals surface area contributed by atoms with Crippen LogP contribution in [0.5, 0.6) is 0 Å². The predicted molar refractivity (Wildman–Crippen MR) is 167 cm³/mol. The van der Waals surface area contributed by atoms with Crippen molar-refractivity contribution >= 4 is 28.9 Å². The Morgan fingerprint density at radius 2 is 1.71 bits per heavy atom. The van der Waals surface area contributed by atoms with Gasteiger partial charge in [-0.05, 0) is 64.3 Å². The molecule has 1 aliphatic carbocycles. The minimum absolute atomic E-state index is 0.00832. The van der Waals surface area contributed by atoms with E-state index in [4.69, 9.17) is 14.6 Å². The van der Waals surface area contributed by atoms with Crippen LogP contribution in [-0.4, -0.2) is 78.9 Å². The number of fused-ring (bicyclic) bond motifs is 4. The Morgan fingerprint density at radius 3 is 2.40 bits per heavy atom. The number of amides is 1. The number of hydrogen-bond donors (Lipinski definition) is 0. The van der Waals surface area contributed by atoms with Crippen LogP contribution >= 0.6 is 0 Å². The van der Waals surface area contributed by atoms with Gasteiger partial charge in [0.15, 0.2) is 11.2 Å². The largest absolute Gasteiger partial charge is 0.460 e. The van der Waals surface area contributed by atoms with Gasteiger partial charge < -0.3 is 23.8 Å². The van der Waals surface area contributed by atoms with Gasteiger partial charge >= 0.3 is 12.1 Å². The fraction of sp³-hybridized carbons (Fsp3) is 0.455. The lowest BCUT2D eigenvalue weighted by Gasteiger charge is -2.54. The van der Waals surface area contributed by atoms with E-state index in [-0.39, 0.29) is 47.7 Å². The van der Waals surface area contributed by atoms with Crippen LogP contribution in [-0.2, 0) is 9.47 Å². The number of carbonyl (C=O) groups is 2. The molecular formula is C33H37N7O5. The first-order chi connectivity index (χ1) is 21.6. The van der Waals surface area contributed by atoms with Gasteiger partial charge in [0, 0.05) is 37.4 Å². The number of esters is 1. The standard InChI is InChI=1S/C33H37N7O5/c1-20-18-23(19-44-31(42)21-8-6-5-7-9-21)39-27(20)28(29(41)26-30(39)36-40(35-26)22-12-14-34-15-13-22)37-16-17-38(25-11-10-24(25)37)32(43)45-33(2,3)4/h5-9,12-15,20,23-25H,10-11,16-19H2,1-4H3/t20?,23?,24-,25-/m0/s1. The van der Waals surface area contributed by atoms with E-state index >= 15 is 0 Å². The quantitative estimate of drug-likeness (QED) is 0.301. The molecule has 1 aromatic carbocycles. The Kier molecular flexibility index (Phi) is 7.09. The number of aromatic nitrogens is 5. The molecule has 0 N–H and O–H groups in total. The summed E-state index contributed by atoms with van der Waals surface area (Å²) in [5.41, 5.74) is 2.58. The van der Waals surface area contributed by atoms with E-state index in [1.807, 2.05) is 31.7 Å². The minimum atomic E-state index is -0.590. The van der Waals surface area contributed by atoms with Crippen molar-refractivity contribution in [2.75, 3.05) is 24.6 Å². The molecule has 0 radical (unpaired) electrons. The van der Waals surface area contributed by atoms with Crippen LogP contribution < -0.4 is 10.3 Å². The normalized spacial score (nSPS) is 22.5. The molecule has 7 rings (SSSR count). The first-order valence-electron chi connectivity index (χ1n) is 15.5. The number of rotatable bonds is 5. The first kappa shape index (κ1) is 29.0. The molecule has 1 saturated carbocycles. The number of hydrogen-bond acceptors (Lipinski definition) is 9. The summed E-state index contributed by atoms with van der Waals surface area (Å²) < 4.78 is 13.6. The van der Waals surface area contributed by atoms with Crippen molar-refractivity contribution in [3.63, 3.8) is 0 Å². The van der Waals surface area contributed by atoms with Gasteiger partial charge in [0.05, 0.1) is 29.0 Å². The van der Waals surface area contributed by atoms with Crippen LogP contribution in [0.1, 0.15) is 75.0 Å². The molecule has 45 heavy (non-hydrogen) atoms. The summed E-state index contributed by atoms with van der Waals surface area (Å²) in [6, 6.07) is 12.2. The van der Waals surface area contributed by atoms with Gasteiger partial charge in [-0.25, -0.2) is 9.59 Å². The van der Waals surface area contributed by atoms with E-state index in [0.29, 0.717) is 42.1 Å². The molecule has 0 bridgehead atoms. The molecule has 2 unspecified atom stereocenters. The van der Waals surface area contributed by atoms with Crippen LogP contribution in [0.25, 0.3) is 16.9 Å². The summed E-state index contributed by atoms with van der Waals surface area (Å²) in [5.74, 6) is -0.406. The molecule has 3 aliphatic rings. The number of ether oxygens (including phenoxy) is 2. The maximum absolute atomic E-state index is 14.4. The number of pyridine rings is 2. The Labute approximate surface area is 260 Å². The second-order valence-corrected chi connectivity index (χ2v) is 13.1. The molecule has 2 fully saturated rings. The van der Waals surface area contributed by atoms with Crippen LogP contribution in [0.4, 0.5) is 10.5 Å². The smallest absolute Gasteiger partial charge is 0.410 e. The molecule has 1 amide bonds. The molecule has 234 valence electrons. The van der Waals surface area contributed by atoms with Gasteiger partial charge in [0.1, 0.15) is 17.9 Å². The molecule has 1 saturated heterocycles. The first-order valence-corrected chi connectivity index (χ1v) is 15.5. The van der Waals surface area contributed by atoms with Crippen molar-refractivity contribution in [3.05, 3.63) is 76.3 Å². The highest BCUT2D eigenvalue weighted by Crippen LogP contribution is 2.45. The summed E-state index contributed by atoms with van der Waals surface area (Å²) in [4.78, 5) is 50.0. The molecule has 0 spiro atoms. The van der Waals surface area contributed by atoms with E-state index in [0.717, 1.165) is 18.5 Å². The summed E-state index contributed by atoms with van der Waals surface area (Å²) in [6.45, 7) is 8.77. The van der Waals surface area contributed by atoms with E-state index in [1.54, 1.807) is 48.8 Å². The van der Waals surface area contributed by atoms with Crippen molar-refractivity contribution in [2.45, 2.75) is 76.6 Å². The van der Waals surface area contributed by atoms with Gasteiger partial charge in [-0.3, -0.25) is 9.78 Å². The molecule has 12 nitrogen and oxygen atoms in total. The van der Waals surface area contributed by atoms with Crippen molar-refractivity contribution < 1.29 is 19.1 Å². The van der Waals surface area contributed by atoms with Crippen molar-refractivity contribution in [2.24, 2.45) is 0 Å². The van der Waals surface area contributed by atoms with Crippen molar-refractivity contribution in [3.8, 4) is 5.69 Å². The molecule has 4 atom stereocenters. The van der Waals surface area contributed by atoms with Gasteiger partial charge in [0.25, 0.3) is 0 Å². The Hall–Kier alpha value is -4.74. The lowest BCUT2D eigenvalue weighted by atomic mass is 9.81. The number of carbonyl (C=O) groups excluding carboxylic acids is 2. The van der Waals surface area contributed by atoms with E-state index in [9.17, 15) is 14.4 Å². The number of benzene rings is 1. The molecule has 12 heteroatoms. The van der Waals surface area contributed by atoms with Crippen LogP contribution in [0.3, 0.4) is 0 Å². The third-order valence-electron chi connectivity index (χ3n) is 9.02. The van der Waals surface area contributed by atoms with Crippen molar-refractivity contribution in [1.29, 1.82) is 0 Å². The highest BCUT2D eigenvalue weighted by molar-refractivity contribution is 5.89. The third kappa shape index (κ3) is 5.11. The zero-order chi connectivity index (χ0) is 31.5. The van der Waals surface area contributed by atoms with Crippen LogP contribution in [0.2, 0.25) is 0 Å². The maximum Gasteiger partial charge on any atom is 0.410 e. The summed E-state index contributed by atoms with van der Waals surface area (Å²) in [7, 11) is 0. The van der Waals surface area contributed by atoms with Gasteiger partial charge in [-0.15, -0.1) is 15.0 Å². The molecule has 2 aliphatic heterocycles. The van der Waals surface area contributed by atoms with Crippen LogP contribution in [0.15, 0.2) is 59.7 Å². The fourth-order valence-electron chi connectivity index (χ4n) is 6.94. The highest BCUT2D eigenvalue weighted by Gasteiger charge is 2.48. The molecular weight excluding hydrogens is 574 g/mol. The number of nitrogens with zero attached hydrogens (tertiary/aromatic N) is 7. The minimum Gasteiger partial charge on any atom is -0.460 e. The summed E-state index contributed by atoms with van der Waals surface area (Å²) >= 11 is 0. The summed E-state index contributed by atoms with van der Waals surface area (Å²) in [6.07, 6.45) is 5.36. The Bertz CT molecular complexity index is 1810.